The van der Waals surface area contributed by atoms with Gasteiger partial charge < -0.3 is 5.32 Å². The van der Waals surface area contributed by atoms with Crippen molar-refractivity contribution in [2.24, 2.45) is 0 Å². The van der Waals surface area contributed by atoms with Crippen LogP contribution in [0.3, 0.4) is 0 Å². The van der Waals surface area contributed by atoms with E-state index >= 15 is 0 Å². The SMILES string of the molecule is CCC(CC)(CNc1nc2ccccc2s1)SC. The first-order valence-electron chi connectivity index (χ1n) is 6.37. The van der Waals surface area contributed by atoms with Crippen LogP contribution in [-0.2, 0) is 0 Å². The Hall–Kier alpha value is -0.740. The summed E-state index contributed by atoms with van der Waals surface area (Å²) in [6.45, 7) is 5.51. The molecule has 0 aliphatic rings. The molecule has 0 aliphatic carbocycles. The highest BCUT2D eigenvalue weighted by Gasteiger charge is 2.24. The van der Waals surface area contributed by atoms with E-state index in [9.17, 15) is 0 Å². The van der Waals surface area contributed by atoms with Gasteiger partial charge in [0.15, 0.2) is 5.13 Å². The van der Waals surface area contributed by atoms with Crippen LogP contribution in [0.5, 0.6) is 0 Å². The zero-order valence-corrected chi connectivity index (χ0v) is 12.8. The standard InChI is InChI=1S/C14H20N2S2/c1-4-14(5-2,17-3)10-15-13-16-11-8-6-7-9-12(11)18-13/h6-9H,4-5,10H2,1-3H3,(H,15,16). The second-order valence-corrected chi connectivity index (χ2v) is 6.74. The molecule has 1 aromatic heterocycles. The summed E-state index contributed by atoms with van der Waals surface area (Å²) < 4.78 is 1.58. The molecule has 1 N–H and O–H groups in total. The maximum atomic E-state index is 4.62. The number of hydrogen-bond donors (Lipinski definition) is 1. The topological polar surface area (TPSA) is 24.9 Å². The number of para-hydroxylation sites is 1. The molecule has 2 rings (SSSR count). The molecule has 0 spiro atoms. The molecule has 0 atom stereocenters. The number of nitrogens with zero attached hydrogens (tertiary/aromatic N) is 1. The number of thiazole rings is 1. The summed E-state index contributed by atoms with van der Waals surface area (Å²) in [6, 6.07) is 8.29. The van der Waals surface area contributed by atoms with E-state index in [1.807, 2.05) is 17.8 Å². The van der Waals surface area contributed by atoms with Crippen molar-refractivity contribution in [2.75, 3.05) is 18.1 Å². The largest absolute Gasteiger partial charge is 0.360 e. The number of nitrogens with one attached hydrogen (secondary N) is 1. The number of fused-ring (bicyclic) bond motifs is 1. The molecular weight excluding hydrogens is 260 g/mol. The summed E-state index contributed by atoms with van der Waals surface area (Å²) in [4.78, 5) is 4.62. The maximum Gasteiger partial charge on any atom is 0.183 e. The maximum absolute atomic E-state index is 4.62. The minimum Gasteiger partial charge on any atom is -0.360 e. The second-order valence-electron chi connectivity index (χ2n) is 4.43. The van der Waals surface area contributed by atoms with Gasteiger partial charge in [0.2, 0.25) is 0 Å². The average molecular weight is 280 g/mol. The quantitative estimate of drug-likeness (QED) is 0.835. The predicted octanol–water partition coefficient (Wildman–Crippen LogP) is 4.63. The number of anilines is 1. The van der Waals surface area contributed by atoms with E-state index in [1.54, 1.807) is 11.3 Å². The van der Waals surface area contributed by atoms with Crippen LogP contribution in [0, 0.1) is 0 Å². The Labute approximate surface area is 117 Å². The molecule has 1 heterocycles. The number of benzene rings is 1. The van der Waals surface area contributed by atoms with Crippen LogP contribution in [0.4, 0.5) is 5.13 Å². The van der Waals surface area contributed by atoms with Crippen LogP contribution in [0.25, 0.3) is 10.2 Å². The van der Waals surface area contributed by atoms with E-state index in [0.29, 0.717) is 4.75 Å². The molecule has 0 fully saturated rings. The Bertz CT molecular complexity index is 462. The molecule has 0 saturated carbocycles. The molecule has 2 aromatic rings. The normalized spacial score (nSPS) is 11.9. The lowest BCUT2D eigenvalue weighted by Gasteiger charge is -2.29. The minimum absolute atomic E-state index is 0.331. The molecule has 0 radical (unpaired) electrons. The van der Waals surface area contributed by atoms with Gasteiger partial charge in [0.25, 0.3) is 0 Å². The Kier molecular flexibility index (Phi) is 4.51. The van der Waals surface area contributed by atoms with Crippen molar-refractivity contribution < 1.29 is 0 Å². The van der Waals surface area contributed by atoms with E-state index in [-0.39, 0.29) is 0 Å². The lowest BCUT2D eigenvalue weighted by atomic mass is 10.0. The number of aromatic nitrogens is 1. The first kappa shape index (κ1) is 13.7. The van der Waals surface area contributed by atoms with Gasteiger partial charge in [0.05, 0.1) is 10.2 Å². The molecule has 2 nitrogen and oxygen atoms in total. The lowest BCUT2D eigenvalue weighted by Crippen LogP contribution is -2.31. The van der Waals surface area contributed by atoms with Crippen molar-refractivity contribution in [2.45, 2.75) is 31.4 Å². The van der Waals surface area contributed by atoms with Crippen LogP contribution < -0.4 is 5.32 Å². The van der Waals surface area contributed by atoms with Gasteiger partial charge in [-0.2, -0.15) is 11.8 Å². The minimum atomic E-state index is 0.331. The van der Waals surface area contributed by atoms with Gasteiger partial charge >= 0.3 is 0 Å². The third-order valence-electron chi connectivity index (χ3n) is 3.58. The van der Waals surface area contributed by atoms with Gasteiger partial charge in [-0.25, -0.2) is 4.98 Å². The van der Waals surface area contributed by atoms with Crippen LogP contribution in [0.15, 0.2) is 24.3 Å². The van der Waals surface area contributed by atoms with Crippen LogP contribution in [-0.4, -0.2) is 22.5 Å². The first-order valence-corrected chi connectivity index (χ1v) is 8.41. The van der Waals surface area contributed by atoms with Crippen molar-refractivity contribution >= 4 is 38.4 Å². The van der Waals surface area contributed by atoms with E-state index < -0.39 is 0 Å². The van der Waals surface area contributed by atoms with Crippen molar-refractivity contribution in [1.29, 1.82) is 0 Å². The van der Waals surface area contributed by atoms with Crippen molar-refractivity contribution in [3.05, 3.63) is 24.3 Å². The molecule has 1 aromatic carbocycles. The molecule has 0 amide bonds. The molecule has 0 bridgehead atoms. The summed E-state index contributed by atoms with van der Waals surface area (Å²) in [5.41, 5.74) is 1.09. The predicted molar refractivity (Wildman–Crippen MR) is 84.9 cm³/mol. The van der Waals surface area contributed by atoms with Gasteiger partial charge in [0, 0.05) is 11.3 Å². The van der Waals surface area contributed by atoms with Crippen molar-refractivity contribution in [3.63, 3.8) is 0 Å². The fraction of sp³-hybridized carbons (Fsp3) is 0.500. The van der Waals surface area contributed by atoms with Gasteiger partial charge in [-0.1, -0.05) is 37.3 Å². The van der Waals surface area contributed by atoms with E-state index in [0.717, 1.165) is 17.2 Å². The monoisotopic (exact) mass is 280 g/mol. The molecule has 0 saturated heterocycles. The molecule has 0 aliphatic heterocycles. The van der Waals surface area contributed by atoms with Crippen LogP contribution >= 0.6 is 23.1 Å². The zero-order chi connectivity index (χ0) is 13.0. The third-order valence-corrected chi connectivity index (χ3v) is 6.16. The third kappa shape index (κ3) is 2.81. The van der Waals surface area contributed by atoms with E-state index in [1.165, 1.54) is 17.5 Å². The second kappa shape index (κ2) is 5.93. The van der Waals surface area contributed by atoms with Gasteiger partial charge in [-0.05, 0) is 31.2 Å². The van der Waals surface area contributed by atoms with Crippen LogP contribution in [0.2, 0.25) is 0 Å². The highest BCUT2D eigenvalue weighted by molar-refractivity contribution is 8.00. The van der Waals surface area contributed by atoms with E-state index in [4.69, 9.17) is 0 Å². The average Bonchev–Trinajstić information content (AvgIpc) is 2.84. The summed E-state index contributed by atoms with van der Waals surface area (Å²) in [5, 5.41) is 4.55. The smallest absolute Gasteiger partial charge is 0.183 e. The lowest BCUT2D eigenvalue weighted by molar-refractivity contribution is 0.574. The van der Waals surface area contributed by atoms with Crippen LogP contribution in [0.1, 0.15) is 26.7 Å². The molecule has 98 valence electrons. The van der Waals surface area contributed by atoms with Crippen molar-refractivity contribution in [1.82, 2.24) is 4.98 Å². The van der Waals surface area contributed by atoms with Crippen molar-refractivity contribution in [3.8, 4) is 0 Å². The van der Waals surface area contributed by atoms with Gasteiger partial charge in [0.1, 0.15) is 0 Å². The van der Waals surface area contributed by atoms with E-state index in [2.05, 4.69) is 48.6 Å². The molecule has 0 unspecified atom stereocenters. The summed E-state index contributed by atoms with van der Waals surface area (Å²) in [5.74, 6) is 0. The fourth-order valence-electron chi connectivity index (χ4n) is 2.05. The summed E-state index contributed by atoms with van der Waals surface area (Å²) in [7, 11) is 0. The Morgan fingerprint density at radius 2 is 2.00 bits per heavy atom. The summed E-state index contributed by atoms with van der Waals surface area (Å²) in [6.07, 6.45) is 4.57. The fourth-order valence-corrected chi connectivity index (χ4v) is 3.70. The first-order chi connectivity index (χ1) is 8.73. The highest BCUT2D eigenvalue weighted by Crippen LogP contribution is 2.32. The van der Waals surface area contributed by atoms with Gasteiger partial charge in [-0.15, -0.1) is 0 Å². The highest BCUT2D eigenvalue weighted by atomic mass is 32.2. The molecular formula is C14H20N2S2. The Balaban J connectivity index is 2.09. The number of thioether (sulfide) groups is 1. The number of rotatable bonds is 6. The molecule has 18 heavy (non-hydrogen) atoms. The Morgan fingerprint density at radius 1 is 1.28 bits per heavy atom. The van der Waals surface area contributed by atoms with Gasteiger partial charge in [-0.3, -0.25) is 0 Å². The molecule has 4 heteroatoms. The summed E-state index contributed by atoms with van der Waals surface area (Å²) >= 11 is 3.70. The zero-order valence-electron chi connectivity index (χ0n) is 11.2. The Morgan fingerprint density at radius 3 is 2.61 bits per heavy atom. The number of hydrogen-bond acceptors (Lipinski definition) is 4.